The van der Waals surface area contributed by atoms with Gasteiger partial charge in [-0.1, -0.05) is 24.3 Å². The quantitative estimate of drug-likeness (QED) is 0.774. The largest absolute Gasteiger partial charge is 0.508 e. The molecule has 0 aliphatic carbocycles. The summed E-state index contributed by atoms with van der Waals surface area (Å²) in [6.45, 7) is 0. The van der Waals surface area contributed by atoms with E-state index in [9.17, 15) is 9.90 Å². The molecule has 92 valence electrons. The van der Waals surface area contributed by atoms with Crippen molar-refractivity contribution in [3.8, 4) is 11.5 Å². The van der Waals surface area contributed by atoms with Gasteiger partial charge >= 0.3 is 5.97 Å². The summed E-state index contributed by atoms with van der Waals surface area (Å²) in [5, 5.41) is 27.9. The smallest absolute Gasteiger partial charge is 0.339 e. The first-order valence-corrected chi connectivity index (χ1v) is 5.40. The molecule has 0 saturated heterocycles. The van der Waals surface area contributed by atoms with E-state index in [0.29, 0.717) is 12.0 Å². The molecule has 0 aromatic heterocycles. The molecule has 0 heterocycles. The molecule has 0 atom stereocenters. The molecule has 4 nitrogen and oxygen atoms in total. The summed E-state index contributed by atoms with van der Waals surface area (Å²) in [6, 6.07) is 11.2. The Morgan fingerprint density at radius 2 is 1.67 bits per heavy atom. The highest BCUT2D eigenvalue weighted by atomic mass is 16.4. The van der Waals surface area contributed by atoms with Crippen LogP contribution in [-0.4, -0.2) is 21.3 Å². The molecule has 18 heavy (non-hydrogen) atoms. The van der Waals surface area contributed by atoms with Crippen LogP contribution in [0.5, 0.6) is 11.5 Å². The van der Waals surface area contributed by atoms with E-state index in [0.717, 1.165) is 5.56 Å². The highest BCUT2D eigenvalue weighted by molar-refractivity contribution is 5.91. The molecular formula is C14H12O4. The molecule has 0 spiro atoms. The average Bonchev–Trinajstić information content (AvgIpc) is 2.34. The van der Waals surface area contributed by atoms with Crippen LogP contribution in [0.15, 0.2) is 42.5 Å². The first kappa shape index (κ1) is 12.0. The number of hydrogen-bond donors (Lipinski definition) is 3. The summed E-state index contributed by atoms with van der Waals surface area (Å²) >= 11 is 0. The van der Waals surface area contributed by atoms with Crippen LogP contribution in [0.2, 0.25) is 0 Å². The van der Waals surface area contributed by atoms with E-state index in [2.05, 4.69) is 0 Å². The van der Waals surface area contributed by atoms with E-state index in [4.69, 9.17) is 10.2 Å². The SMILES string of the molecule is O=C(O)c1cccc(Cc2ccc(O)cc2)c1O. The van der Waals surface area contributed by atoms with Crippen LogP contribution in [0, 0.1) is 0 Å². The number of carboxylic acids is 1. The zero-order chi connectivity index (χ0) is 13.1. The van der Waals surface area contributed by atoms with Crippen LogP contribution in [0.1, 0.15) is 21.5 Å². The lowest BCUT2D eigenvalue weighted by atomic mass is 10.0. The number of rotatable bonds is 3. The lowest BCUT2D eigenvalue weighted by Crippen LogP contribution is -1.99. The molecular weight excluding hydrogens is 232 g/mol. The molecule has 0 aliphatic rings. The fraction of sp³-hybridized carbons (Fsp3) is 0.0714. The average molecular weight is 244 g/mol. The molecule has 0 radical (unpaired) electrons. The number of para-hydroxylation sites is 1. The predicted octanol–water partition coefficient (Wildman–Crippen LogP) is 2.39. The van der Waals surface area contributed by atoms with E-state index in [-0.39, 0.29) is 17.1 Å². The fourth-order valence-electron chi connectivity index (χ4n) is 1.74. The Kier molecular flexibility index (Phi) is 3.19. The van der Waals surface area contributed by atoms with Gasteiger partial charge in [-0.05, 0) is 29.3 Å². The standard InChI is InChI=1S/C14H12O4/c15-11-6-4-9(5-7-11)8-10-2-1-3-12(13(10)16)14(17)18/h1-7,15-16H,8H2,(H,17,18). The summed E-state index contributed by atoms with van der Waals surface area (Å²) in [5.74, 6) is -1.19. The number of benzene rings is 2. The highest BCUT2D eigenvalue weighted by Crippen LogP contribution is 2.25. The number of carbonyl (C=O) groups is 1. The minimum Gasteiger partial charge on any atom is -0.508 e. The van der Waals surface area contributed by atoms with Crippen molar-refractivity contribution in [2.75, 3.05) is 0 Å². The van der Waals surface area contributed by atoms with E-state index < -0.39 is 5.97 Å². The van der Waals surface area contributed by atoms with Gasteiger partial charge in [0.1, 0.15) is 17.1 Å². The summed E-state index contributed by atoms with van der Waals surface area (Å²) in [4.78, 5) is 10.9. The highest BCUT2D eigenvalue weighted by Gasteiger charge is 2.12. The van der Waals surface area contributed by atoms with Crippen molar-refractivity contribution < 1.29 is 20.1 Å². The lowest BCUT2D eigenvalue weighted by Gasteiger charge is -2.07. The number of carboxylic acid groups (broad SMARTS) is 1. The summed E-state index contributed by atoms with van der Waals surface area (Å²) in [7, 11) is 0. The Morgan fingerprint density at radius 1 is 1.00 bits per heavy atom. The molecule has 0 unspecified atom stereocenters. The van der Waals surface area contributed by atoms with Crippen molar-refractivity contribution >= 4 is 5.97 Å². The van der Waals surface area contributed by atoms with Crippen molar-refractivity contribution in [1.82, 2.24) is 0 Å². The monoisotopic (exact) mass is 244 g/mol. The molecule has 4 heteroatoms. The molecule has 2 aromatic rings. The van der Waals surface area contributed by atoms with E-state index in [1.54, 1.807) is 36.4 Å². The molecule has 0 bridgehead atoms. The number of phenols is 2. The van der Waals surface area contributed by atoms with E-state index >= 15 is 0 Å². The number of aromatic hydroxyl groups is 2. The van der Waals surface area contributed by atoms with Gasteiger partial charge < -0.3 is 15.3 Å². The zero-order valence-corrected chi connectivity index (χ0v) is 9.50. The second-order valence-electron chi connectivity index (χ2n) is 3.96. The summed E-state index contributed by atoms with van der Waals surface area (Å²) in [6.07, 6.45) is 0.410. The number of aromatic carboxylic acids is 1. The van der Waals surface area contributed by atoms with Crippen molar-refractivity contribution in [3.63, 3.8) is 0 Å². The summed E-state index contributed by atoms with van der Waals surface area (Å²) < 4.78 is 0. The molecule has 2 rings (SSSR count). The second-order valence-corrected chi connectivity index (χ2v) is 3.96. The van der Waals surface area contributed by atoms with Crippen molar-refractivity contribution in [1.29, 1.82) is 0 Å². The fourth-order valence-corrected chi connectivity index (χ4v) is 1.74. The second kappa shape index (κ2) is 4.79. The molecule has 0 amide bonds. The van der Waals surface area contributed by atoms with Crippen LogP contribution in [0.25, 0.3) is 0 Å². The molecule has 0 fully saturated rings. The van der Waals surface area contributed by atoms with E-state index in [1.807, 2.05) is 0 Å². The van der Waals surface area contributed by atoms with Crippen molar-refractivity contribution in [2.24, 2.45) is 0 Å². The summed E-state index contributed by atoms with van der Waals surface area (Å²) in [5.41, 5.74) is 1.32. The van der Waals surface area contributed by atoms with Crippen LogP contribution in [0.3, 0.4) is 0 Å². The van der Waals surface area contributed by atoms with Crippen molar-refractivity contribution in [3.05, 3.63) is 59.2 Å². The molecule has 0 saturated carbocycles. The predicted molar refractivity (Wildman–Crippen MR) is 66.0 cm³/mol. The van der Waals surface area contributed by atoms with Crippen LogP contribution < -0.4 is 0 Å². The van der Waals surface area contributed by atoms with Gasteiger partial charge in [-0.25, -0.2) is 4.79 Å². The first-order valence-electron chi connectivity index (χ1n) is 5.40. The third kappa shape index (κ3) is 2.43. The van der Waals surface area contributed by atoms with Crippen LogP contribution >= 0.6 is 0 Å². The molecule has 2 aromatic carbocycles. The maximum Gasteiger partial charge on any atom is 0.339 e. The molecule has 3 N–H and O–H groups in total. The van der Waals surface area contributed by atoms with E-state index in [1.165, 1.54) is 6.07 Å². The normalized spacial score (nSPS) is 10.2. The van der Waals surface area contributed by atoms with Gasteiger partial charge in [0.05, 0.1) is 0 Å². The minimum absolute atomic E-state index is 0.105. The molecule has 0 aliphatic heterocycles. The third-order valence-electron chi connectivity index (χ3n) is 2.68. The third-order valence-corrected chi connectivity index (χ3v) is 2.68. The lowest BCUT2D eigenvalue weighted by molar-refractivity contribution is 0.0693. The van der Waals surface area contributed by atoms with Gasteiger partial charge in [-0.3, -0.25) is 0 Å². The van der Waals surface area contributed by atoms with Gasteiger partial charge in [-0.2, -0.15) is 0 Å². The Bertz CT molecular complexity index is 573. The van der Waals surface area contributed by atoms with Crippen LogP contribution in [0.4, 0.5) is 0 Å². The maximum atomic E-state index is 10.9. The van der Waals surface area contributed by atoms with Crippen molar-refractivity contribution in [2.45, 2.75) is 6.42 Å². The maximum absolute atomic E-state index is 10.9. The van der Waals surface area contributed by atoms with Gasteiger partial charge in [0.2, 0.25) is 0 Å². The van der Waals surface area contributed by atoms with Gasteiger partial charge in [0.15, 0.2) is 0 Å². The number of hydrogen-bond acceptors (Lipinski definition) is 3. The van der Waals surface area contributed by atoms with Gasteiger partial charge in [-0.15, -0.1) is 0 Å². The Balaban J connectivity index is 2.32. The topological polar surface area (TPSA) is 77.8 Å². The number of phenolic OH excluding ortho intramolecular Hbond substituents is 1. The zero-order valence-electron chi connectivity index (χ0n) is 9.50. The van der Waals surface area contributed by atoms with Gasteiger partial charge in [0, 0.05) is 6.42 Å². The first-order chi connectivity index (χ1) is 8.58. The minimum atomic E-state index is -1.15. The van der Waals surface area contributed by atoms with Crippen LogP contribution in [-0.2, 0) is 6.42 Å². The Labute approximate surface area is 104 Å². The Morgan fingerprint density at radius 3 is 2.28 bits per heavy atom. The Hall–Kier alpha value is -2.49. The van der Waals surface area contributed by atoms with Gasteiger partial charge in [0.25, 0.3) is 0 Å².